The molecule has 0 radical (unpaired) electrons. The highest BCUT2D eigenvalue weighted by atomic mass is 32.2. The van der Waals surface area contributed by atoms with E-state index in [-0.39, 0.29) is 6.61 Å². The Balaban J connectivity index is 1.95. The lowest BCUT2D eigenvalue weighted by molar-refractivity contribution is 0.0992. The van der Waals surface area contributed by atoms with Crippen molar-refractivity contribution >= 4 is 27.9 Å². The van der Waals surface area contributed by atoms with Gasteiger partial charge in [0.15, 0.2) is 4.90 Å². The average molecular weight is 361 g/mol. The van der Waals surface area contributed by atoms with Crippen molar-refractivity contribution < 1.29 is 14.4 Å². The second-order valence-electron chi connectivity index (χ2n) is 5.24. The normalized spacial score (nSPS) is 12.4. The Morgan fingerprint density at radius 1 is 1.32 bits per heavy atom. The molecule has 132 valence electrons. The van der Waals surface area contributed by atoms with Crippen LogP contribution in [0.5, 0.6) is 0 Å². The van der Waals surface area contributed by atoms with Gasteiger partial charge >= 0.3 is 0 Å². The molecule has 0 saturated carbocycles. The van der Waals surface area contributed by atoms with Gasteiger partial charge in [-0.2, -0.15) is 4.98 Å². The lowest BCUT2D eigenvalue weighted by atomic mass is 10.2. The maximum Gasteiger partial charge on any atom is 0.237 e. The smallest absolute Gasteiger partial charge is 0.237 e. The van der Waals surface area contributed by atoms with Gasteiger partial charge in [0, 0.05) is 30.4 Å². The Morgan fingerprint density at radius 3 is 2.92 bits per heavy atom. The van der Waals surface area contributed by atoms with Crippen molar-refractivity contribution in [2.75, 3.05) is 37.9 Å². The van der Waals surface area contributed by atoms with Crippen LogP contribution in [0, 0.1) is 0 Å². The lowest BCUT2D eigenvalue weighted by Crippen LogP contribution is -2.13. The summed E-state index contributed by atoms with van der Waals surface area (Å²) in [6, 6.07) is 5.47. The Bertz CT molecular complexity index is 826. The molecule has 2 aromatic heterocycles. The molecular weight excluding hydrogens is 342 g/mol. The predicted molar refractivity (Wildman–Crippen MR) is 95.4 cm³/mol. The van der Waals surface area contributed by atoms with Crippen LogP contribution < -0.4 is 5.32 Å². The molecule has 0 amide bonds. The summed E-state index contributed by atoms with van der Waals surface area (Å²) >= 11 is -1.09. The molecule has 0 spiro atoms. The molecule has 1 unspecified atom stereocenters. The zero-order valence-electron chi connectivity index (χ0n) is 13.8. The number of hydrogen-bond donors (Lipinski definition) is 2. The monoisotopic (exact) mass is 361 g/mol. The highest BCUT2D eigenvalue weighted by Gasteiger charge is 2.13. The van der Waals surface area contributed by atoms with Crippen LogP contribution in [-0.2, 0) is 15.9 Å². The number of nitrogens with one attached hydrogen (secondary N) is 1. The largest absolute Gasteiger partial charge is 0.612 e. The Labute approximate surface area is 148 Å². The minimum absolute atomic E-state index is 0.00705. The first-order valence-corrected chi connectivity index (χ1v) is 9.31. The van der Waals surface area contributed by atoms with Crippen LogP contribution in [0.4, 0.5) is 5.82 Å². The number of aliphatic hydroxyl groups is 1. The fourth-order valence-electron chi connectivity index (χ4n) is 2.31. The number of imidazole rings is 1. The summed E-state index contributed by atoms with van der Waals surface area (Å²) < 4.78 is 18.8. The van der Waals surface area contributed by atoms with Crippen molar-refractivity contribution in [2.45, 2.75) is 4.90 Å². The van der Waals surface area contributed by atoms with Crippen LogP contribution in [0.1, 0.15) is 0 Å². The molecule has 2 N–H and O–H groups in total. The molecule has 1 aromatic carbocycles. The Kier molecular flexibility index (Phi) is 5.82. The third-order valence-corrected chi connectivity index (χ3v) is 4.41. The third-order valence-electron chi connectivity index (χ3n) is 3.50. The topological polar surface area (TPSA) is 108 Å². The number of hydrogen-bond acceptors (Lipinski definition) is 7. The maximum atomic E-state index is 11.8. The number of rotatable bonds is 8. The van der Waals surface area contributed by atoms with E-state index in [0.29, 0.717) is 36.4 Å². The van der Waals surface area contributed by atoms with Crippen LogP contribution >= 0.6 is 0 Å². The van der Waals surface area contributed by atoms with Crippen molar-refractivity contribution in [3.63, 3.8) is 0 Å². The molecule has 25 heavy (non-hydrogen) atoms. The number of aromatic nitrogens is 4. The number of benzene rings is 1. The van der Waals surface area contributed by atoms with E-state index in [9.17, 15) is 4.55 Å². The number of nitrogens with zero attached hydrogens (tertiary/aromatic N) is 4. The van der Waals surface area contributed by atoms with E-state index < -0.39 is 11.2 Å². The van der Waals surface area contributed by atoms with Crippen molar-refractivity contribution in [3.8, 4) is 5.95 Å². The van der Waals surface area contributed by atoms with Crippen LogP contribution in [0.2, 0.25) is 0 Å². The van der Waals surface area contributed by atoms with Crippen molar-refractivity contribution in [1.82, 2.24) is 19.5 Å². The summed E-state index contributed by atoms with van der Waals surface area (Å²) in [6.45, 7) is 1.25. The van der Waals surface area contributed by atoms with E-state index in [1.165, 1.54) is 0 Å². The van der Waals surface area contributed by atoms with Gasteiger partial charge in [0.1, 0.15) is 18.4 Å². The van der Waals surface area contributed by atoms with Gasteiger partial charge in [-0.1, -0.05) is 0 Å². The average Bonchev–Trinajstić information content (AvgIpc) is 3.15. The first-order chi connectivity index (χ1) is 12.2. The molecule has 1 atom stereocenters. The molecule has 9 heteroatoms. The van der Waals surface area contributed by atoms with Gasteiger partial charge in [0.25, 0.3) is 0 Å². The number of anilines is 1. The number of ether oxygens (including phenoxy) is 1. The second kappa shape index (κ2) is 8.26. The third kappa shape index (κ3) is 4.26. The molecule has 8 nitrogen and oxygen atoms in total. The van der Waals surface area contributed by atoms with Gasteiger partial charge in [-0.15, -0.1) is 0 Å². The van der Waals surface area contributed by atoms with E-state index >= 15 is 0 Å². The summed E-state index contributed by atoms with van der Waals surface area (Å²) in [5, 5.41) is 12.8. The second-order valence-corrected chi connectivity index (χ2v) is 6.62. The van der Waals surface area contributed by atoms with Gasteiger partial charge < -0.3 is 19.7 Å². The summed E-state index contributed by atoms with van der Waals surface area (Å²) in [5.74, 6) is 1.13. The molecule has 0 fully saturated rings. The number of aliphatic hydroxyl groups excluding tert-OH is 1. The van der Waals surface area contributed by atoms with Crippen molar-refractivity contribution in [2.24, 2.45) is 0 Å². The molecule has 0 saturated heterocycles. The summed E-state index contributed by atoms with van der Waals surface area (Å²) in [4.78, 5) is 13.8. The maximum absolute atomic E-state index is 11.8. The molecular formula is C16H19N5O3S. The summed E-state index contributed by atoms with van der Waals surface area (Å²) in [6.07, 6.45) is 6.69. The molecule has 0 aliphatic carbocycles. The quantitative estimate of drug-likeness (QED) is 0.455. The number of fused-ring (bicyclic) bond motifs is 1. The van der Waals surface area contributed by atoms with Crippen molar-refractivity contribution in [1.29, 1.82) is 0 Å². The van der Waals surface area contributed by atoms with Crippen LogP contribution in [0.15, 0.2) is 41.8 Å². The highest BCUT2D eigenvalue weighted by molar-refractivity contribution is 7.90. The highest BCUT2D eigenvalue weighted by Crippen LogP contribution is 2.24. The minimum Gasteiger partial charge on any atom is -0.612 e. The van der Waals surface area contributed by atoms with Crippen molar-refractivity contribution in [3.05, 3.63) is 36.9 Å². The van der Waals surface area contributed by atoms with Crippen LogP contribution in [-0.4, -0.2) is 61.8 Å². The summed E-state index contributed by atoms with van der Waals surface area (Å²) in [7, 11) is 0. The van der Waals surface area contributed by atoms with Gasteiger partial charge in [0.2, 0.25) is 5.95 Å². The predicted octanol–water partition coefficient (Wildman–Crippen LogP) is 0.974. The Morgan fingerprint density at radius 2 is 2.20 bits per heavy atom. The van der Waals surface area contributed by atoms with Gasteiger partial charge in [-0.3, -0.25) is 4.57 Å². The van der Waals surface area contributed by atoms with Gasteiger partial charge in [-0.05, 0) is 23.3 Å². The molecule has 0 aliphatic rings. The lowest BCUT2D eigenvalue weighted by Gasteiger charge is -2.12. The SMILES string of the molecule is C[S+]([O-])c1ccc2nc(-n3ccnc3)nc(NCCOCCO)c2c1. The molecule has 0 aliphatic heterocycles. The molecule has 0 bridgehead atoms. The van der Waals surface area contributed by atoms with Crippen LogP contribution in [0.25, 0.3) is 16.9 Å². The van der Waals surface area contributed by atoms with E-state index in [4.69, 9.17) is 9.84 Å². The molecule has 3 aromatic rings. The van der Waals surface area contributed by atoms with Crippen LogP contribution in [0.3, 0.4) is 0 Å². The molecule has 2 heterocycles. The van der Waals surface area contributed by atoms with E-state index in [2.05, 4.69) is 20.3 Å². The standard InChI is InChI=1S/C16H19N5O3S/c1-25(23)12-2-3-14-13(10-12)15(18-5-8-24-9-7-22)20-16(19-14)21-6-4-17-11-21/h2-4,6,10-11,22H,5,7-9H2,1H3,(H,18,19,20). The van der Waals surface area contributed by atoms with Gasteiger partial charge in [0.05, 0.1) is 25.3 Å². The fraction of sp³-hybridized carbons (Fsp3) is 0.312. The first-order valence-electron chi connectivity index (χ1n) is 7.75. The summed E-state index contributed by atoms with van der Waals surface area (Å²) in [5.41, 5.74) is 0.742. The van der Waals surface area contributed by atoms with Gasteiger partial charge in [-0.25, -0.2) is 9.97 Å². The minimum atomic E-state index is -1.09. The van der Waals surface area contributed by atoms with E-state index in [1.807, 2.05) is 12.1 Å². The Hall–Kier alpha value is -2.20. The fourth-order valence-corrected chi connectivity index (χ4v) is 2.85. The first kappa shape index (κ1) is 17.6. The molecule has 3 rings (SSSR count). The zero-order valence-corrected chi connectivity index (χ0v) is 14.6. The van der Waals surface area contributed by atoms with E-state index in [0.717, 1.165) is 10.9 Å². The zero-order chi connectivity index (χ0) is 17.6. The van der Waals surface area contributed by atoms with E-state index in [1.54, 1.807) is 35.6 Å².